The first kappa shape index (κ1) is 10.5. The van der Waals surface area contributed by atoms with Crippen molar-refractivity contribution in [2.75, 3.05) is 0 Å². The van der Waals surface area contributed by atoms with E-state index in [0.29, 0.717) is 14.9 Å². The highest BCUT2D eigenvalue weighted by atomic mass is 35.5. The molecule has 0 aliphatic carbocycles. The summed E-state index contributed by atoms with van der Waals surface area (Å²) in [5.74, 6) is -0.491. The van der Waals surface area contributed by atoms with E-state index in [1.54, 1.807) is 0 Å². The maximum atomic E-state index is 12.8. The predicted octanol–water partition coefficient (Wildman–Crippen LogP) is 2.41. The van der Waals surface area contributed by atoms with Crippen molar-refractivity contribution in [1.82, 2.24) is 9.97 Å². The second kappa shape index (κ2) is 4.22. The number of pyridine rings is 1. The molecule has 1 N–H and O–H groups in total. The van der Waals surface area contributed by atoms with Crippen LogP contribution in [0.5, 0.6) is 0 Å². The Labute approximate surface area is 94.2 Å². The largest absolute Gasteiger partial charge is 0.381 e. The highest BCUT2D eigenvalue weighted by Crippen LogP contribution is 2.28. The molecule has 0 fully saturated rings. The third kappa shape index (κ3) is 2.31. The summed E-state index contributed by atoms with van der Waals surface area (Å²) in [7, 11) is 0. The normalized spacial score (nSPS) is 12.7. The zero-order chi connectivity index (χ0) is 10.8. The van der Waals surface area contributed by atoms with Gasteiger partial charge in [0, 0.05) is 11.8 Å². The van der Waals surface area contributed by atoms with Crippen LogP contribution in [0.1, 0.15) is 16.7 Å². The van der Waals surface area contributed by atoms with Gasteiger partial charge in [0.15, 0.2) is 0 Å². The fourth-order valence-corrected chi connectivity index (χ4v) is 2.06. The van der Waals surface area contributed by atoms with Crippen LogP contribution in [0.3, 0.4) is 0 Å². The zero-order valence-corrected chi connectivity index (χ0v) is 8.96. The Bertz CT molecular complexity index is 477. The van der Waals surface area contributed by atoms with E-state index >= 15 is 0 Å². The van der Waals surface area contributed by atoms with Gasteiger partial charge in [0.2, 0.25) is 0 Å². The highest BCUT2D eigenvalue weighted by molar-refractivity contribution is 7.15. The third-order valence-electron chi connectivity index (χ3n) is 1.77. The summed E-state index contributed by atoms with van der Waals surface area (Å²) in [5, 5.41) is 10.2. The quantitative estimate of drug-likeness (QED) is 0.883. The Kier molecular flexibility index (Phi) is 2.95. The van der Waals surface area contributed by atoms with Crippen LogP contribution in [0.2, 0.25) is 4.34 Å². The number of rotatable bonds is 2. The molecule has 0 bridgehead atoms. The molecule has 2 aromatic heterocycles. The van der Waals surface area contributed by atoms with Crippen LogP contribution in [0.4, 0.5) is 4.39 Å². The molecular weight excluding hydrogens is 239 g/mol. The van der Waals surface area contributed by atoms with E-state index in [1.165, 1.54) is 18.5 Å². The fraction of sp³-hybridized carbons (Fsp3) is 0.111. The average Bonchev–Trinajstić information content (AvgIpc) is 2.64. The lowest BCUT2D eigenvalue weighted by Gasteiger charge is -2.06. The molecule has 0 amide bonds. The number of hydrogen-bond donors (Lipinski definition) is 1. The summed E-state index contributed by atoms with van der Waals surface area (Å²) >= 11 is 6.83. The first-order chi connectivity index (χ1) is 7.16. The summed E-state index contributed by atoms with van der Waals surface area (Å²) in [5.41, 5.74) is 0.362. The lowest BCUT2D eigenvalue weighted by atomic mass is 10.2. The second-order valence-corrected chi connectivity index (χ2v) is 4.54. The predicted molar refractivity (Wildman–Crippen MR) is 55.4 cm³/mol. The number of nitrogens with zero attached hydrogens (tertiary/aromatic N) is 2. The van der Waals surface area contributed by atoms with Gasteiger partial charge in [-0.05, 0) is 6.07 Å². The van der Waals surface area contributed by atoms with Crippen LogP contribution >= 0.6 is 22.9 Å². The zero-order valence-electron chi connectivity index (χ0n) is 7.39. The summed E-state index contributed by atoms with van der Waals surface area (Å²) in [6.45, 7) is 0. The van der Waals surface area contributed by atoms with Crippen molar-refractivity contribution in [1.29, 1.82) is 0 Å². The van der Waals surface area contributed by atoms with E-state index in [2.05, 4.69) is 9.97 Å². The van der Waals surface area contributed by atoms with Crippen molar-refractivity contribution >= 4 is 22.9 Å². The molecule has 0 aliphatic heterocycles. The average molecular weight is 245 g/mol. The SMILES string of the molecule is OC(c1cncc(F)c1)c1ncc(Cl)s1. The van der Waals surface area contributed by atoms with Crippen molar-refractivity contribution in [2.24, 2.45) is 0 Å². The molecule has 2 rings (SSSR count). The number of thiazole rings is 1. The maximum absolute atomic E-state index is 12.8. The van der Waals surface area contributed by atoms with E-state index in [0.717, 1.165) is 17.5 Å². The van der Waals surface area contributed by atoms with Gasteiger partial charge in [-0.1, -0.05) is 11.6 Å². The second-order valence-electron chi connectivity index (χ2n) is 2.84. The van der Waals surface area contributed by atoms with E-state index in [9.17, 15) is 9.50 Å². The molecule has 2 heterocycles. The minimum atomic E-state index is -0.981. The van der Waals surface area contributed by atoms with Gasteiger partial charge in [0.25, 0.3) is 0 Å². The highest BCUT2D eigenvalue weighted by Gasteiger charge is 2.15. The van der Waals surface area contributed by atoms with Gasteiger partial charge in [-0.25, -0.2) is 9.37 Å². The summed E-state index contributed by atoms with van der Waals surface area (Å²) in [6.07, 6.45) is 2.93. The Morgan fingerprint density at radius 1 is 1.40 bits per heavy atom. The monoisotopic (exact) mass is 244 g/mol. The van der Waals surface area contributed by atoms with Gasteiger partial charge >= 0.3 is 0 Å². The van der Waals surface area contributed by atoms with Crippen LogP contribution < -0.4 is 0 Å². The standard InChI is InChI=1S/C9H6ClFN2OS/c10-7-4-13-9(15-7)8(14)5-1-6(11)3-12-2-5/h1-4,8,14H. The van der Waals surface area contributed by atoms with Crippen molar-refractivity contribution in [3.05, 3.63) is 45.4 Å². The smallest absolute Gasteiger partial charge is 0.141 e. The molecule has 1 atom stereocenters. The van der Waals surface area contributed by atoms with Crippen LogP contribution in [0.15, 0.2) is 24.7 Å². The number of hydrogen-bond acceptors (Lipinski definition) is 4. The van der Waals surface area contributed by atoms with Crippen LogP contribution in [0.25, 0.3) is 0 Å². The molecule has 1 unspecified atom stereocenters. The van der Waals surface area contributed by atoms with Crippen molar-refractivity contribution < 1.29 is 9.50 Å². The van der Waals surface area contributed by atoms with Gasteiger partial charge in [-0.3, -0.25) is 4.98 Å². The van der Waals surface area contributed by atoms with E-state index in [-0.39, 0.29) is 0 Å². The summed E-state index contributed by atoms with van der Waals surface area (Å²) in [4.78, 5) is 7.55. The van der Waals surface area contributed by atoms with Crippen LogP contribution in [-0.2, 0) is 0 Å². The van der Waals surface area contributed by atoms with Gasteiger partial charge in [0.1, 0.15) is 21.3 Å². The Morgan fingerprint density at radius 3 is 2.80 bits per heavy atom. The molecule has 3 nitrogen and oxygen atoms in total. The molecule has 0 saturated carbocycles. The number of aliphatic hydroxyl groups is 1. The minimum absolute atomic E-state index is 0.362. The number of aliphatic hydroxyl groups excluding tert-OH is 1. The molecule has 15 heavy (non-hydrogen) atoms. The first-order valence-electron chi connectivity index (χ1n) is 4.06. The van der Waals surface area contributed by atoms with Crippen molar-refractivity contribution in [3.8, 4) is 0 Å². The molecule has 2 aromatic rings. The molecule has 0 saturated heterocycles. The maximum Gasteiger partial charge on any atom is 0.141 e. The van der Waals surface area contributed by atoms with Crippen molar-refractivity contribution in [3.63, 3.8) is 0 Å². The van der Waals surface area contributed by atoms with Crippen LogP contribution in [-0.4, -0.2) is 15.1 Å². The molecular formula is C9H6ClFN2OS. The topological polar surface area (TPSA) is 46.0 Å². The van der Waals surface area contributed by atoms with Gasteiger partial charge in [0.05, 0.1) is 12.4 Å². The molecule has 6 heteroatoms. The van der Waals surface area contributed by atoms with E-state index in [1.807, 2.05) is 0 Å². The van der Waals surface area contributed by atoms with E-state index < -0.39 is 11.9 Å². The Hall–Kier alpha value is -1.04. The molecule has 0 aromatic carbocycles. The number of halogens is 2. The first-order valence-corrected chi connectivity index (χ1v) is 5.26. The fourth-order valence-electron chi connectivity index (χ4n) is 1.11. The molecule has 0 spiro atoms. The van der Waals surface area contributed by atoms with E-state index in [4.69, 9.17) is 11.6 Å². The molecule has 0 aliphatic rings. The van der Waals surface area contributed by atoms with Crippen LogP contribution in [0, 0.1) is 5.82 Å². The van der Waals surface area contributed by atoms with Gasteiger partial charge in [-0.15, -0.1) is 11.3 Å². The third-order valence-corrected chi connectivity index (χ3v) is 2.94. The van der Waals surface area contributed by atoms with Gasteiger partial charge < -0.3 is 5.11 Å². The number of aromatic nitrogens is 2. The molecule has 78 valence electrons. The lowest BCUT2D eigenvalue weighted by Crippen LogP contribution is -1.99. The van der Waals surface area contributed by atoms with Gasteiger partial charge in [-0.2, -0.15) is 0 Å². The molecule has 0 radical (unpaired) electrons. The minimum Gasteiger partial charge on any atom is -0.381 e. The van der Waals surface area contributed by atoms with Crippen molar-refractivity contribution in [2.45, 2.75) is 6.10 Å². The summed E-state index contributed by atoms with van der Waals surface area (Å²) in [6, 6.07) is 1.22. The summed E-state index contributed by atoms with van der Waals surface area (Å²) < 4.78 is 13.3. The Balaban J connectivity index is 2.32. The lowest BCUT2D eigenvalue weighted by molar-refractivity contribution is 0.218. The Morgan fingerprint density at radius 2 is 2.20 bits per heavy atom.